The van der Waals surface area contributed by atoms with Crippen LogP contribution in [0.15, 0.2) is 165 Å². The molecule has 12 N–H and O–H groups in total. The van der Waals surface area contributed by atoms with Gasteiger partial charge in [0.05, 0.1) is 153 Å². The van der Waals surface area contributed by atoms with E-state index in [2.05, 4.69) is 96.2 Å². The number of halogens is 5. The molecule has 0 bridgehead atoms. The molecule has 48 nitrogen and oxygen atoms in total. The Hall–Kier alpha value is -16.1. The molecule has 0 radical (unpaired) electrons. The minimum absolute atomic E-state index is 0.0110. The number of phenolic OH excluding ortho intramolecular Hbond substituents is 1. The Morgan fingerprint density at radius 1 is 0.554 bits per heavy atom. The van der Waals surface area contributed by atoms with Crippen molar-refractivity contribution in [1.29, 1.82) is 10.5 Å². The molecule has 1 saturated carbocycles. The van der Waals surface area contributed by atoms with E-state index in [-0.39, 0.29) is 147 Å². The van der Waals surface area contributed by atoms with Gasteiger partial charge >= 0.3 is 28.0 Å². The van der Waals surface area contributed by atoms with E-state index in [1.807, 2.05) is 6.92 Å². The molecule has 0 atom stereocenters. The summed E-state index contributed by atoms with van der Waals surface area (Å²) in [7, 11) is -12.2. The third-order valence-corrected chi connectivity index (χ3v) is 17.3. The molecule has 139 heavy (non-hydrogen) atoms. The number of amides is 2. The maximum Gasteiger partial charge on any atom is 0.394 e. The quantitative estimate of drug-likeness (QED) is 0.00471. The number of hydrazine groups is 1. The number of ether oxygens (including phenoxy) is 8. The minimum Gasteiger partial charge on any atom is -0.507 e. The van der Waals surface area contributed by atoms with Crippen LogP contribution in [-0.4, -0.2) is 221 Å². The Morgan fingerprint density at radius 2 is 0.950 bits per heavy atom. The molecule has 0 aliphatic heterocycles. The molecule has 1 fully saturated rings. The molecule has 54 heteroatoms. The number of nitrogen functional groups attached to an aromatic ring is 1. The van der Waals surface area contributed by atoms with Crippen LogP contribution in [0.2, 0.25) is 25.2 Å². The minimum atomic E-state index is -4.67. The lowest BCUT2D eigenvalue weighted by molar-refractivity contribution is -0.385. The van der Waals surface area contributed by atoms with Crippen molar-refractivity contribution in [3.05, 3.63) is 223 Å². The van der Waals surface area contributed by atoms with E-state index < -0.39 is 94.9 Å². The number of nitro benzene ring substituents is 1. The number of hydrogen-bond acceptors (Lipinski definition) is 38. The zero-order valence-corrected chi connectivity index (χ0v) is 77.2. The average molecular weight is 2060 g/mol. The number of esters is 2. The van der Waals surface area contributed by atoms with Gasteiger partial charge in [0.1, 0.15) is 61.0 Å². The second kappa shape index (κ2) is 55.1. The second-order valence-electron chi connectivity index (χ2n) is 26.2. The van der Waals surface area contributed by atoms with E-state index >= 15 is 0 Å². The van der Waals surface area contributed by atoms with Gasteiger partial charge in [-0.25, -0.2) is 40.4 Å². The summed E-state index contributed by atoms with van der Waals surface area (Å²) >= 11 is 28.8. The number of nitriles is 2. The van der Waals surface area contributed by atoms with Gasteiger partial charge in [-0.05, 0) is 116 Å². The number of carbonyl (C=O) groups is 4. The number of nitrogens with one attached hydrogen (secondary N) is 3. The molecule has 732 valence electrons. The SMILES string of the molecule is CCN.CN(N)C=O.N#Cc1cc(Cl)ccc1O.O=S(=O)(O)O.[2H]C([2H])([2H])Oc1c(-c2ncn(C)n2)cc(Cl)cc1[N+](=O)[O-].[2H]C([2H])([2H])Oc1c(N)cccc1-c1ncn(C)n1.[2H]C([2H])([2H])Oc1c(Nc2cc(Cl)nnc2C(=O)OC)cccc1-c1ncn(C([2H])([2H])[2H])n1.[2H]C([2H])([2H])Oc1c(Nc2cc(NC(=O)C3CC3)nnc2C(=O)OC)cccc1-c1ncn(C([2H])([2H])[2H])n1.[2H]C([2H])([2H])Oc1ccc(Cl)cc1-c1ncn(C)n1.[2H]C([2H])([2H])Oc1ccc(Cl)cc1C#N. The molecule has 0 spiro atoms. The van der Waals surface area contributed by atoms with Crippen molar-refractivity contribution in [2.75, 3.05) is 91.7 Å². The number of para-hydroxylation sites is 3. The summed E-state index contributed by atoms with van der Waals surface area (Å²) in [5.74, 6) is 2.69. The van der Waals surface area contributed by atoms with Gasteiger partial charge in [-0.2, -0.15) is 44.4 Å². The number of benzene rings is 7. The normalized spacial score (nSPS) is 13.8. The molecule has 0 unspecified atom stereocenters. The third-order valence-electron chi connectivity index (χ3n) is 16.2. The van der Waals surface area contributed by atoms with E-state index in [9.17, 15) is 29.3 Å². The first-order valence-corrected chi connectivity index (χ1v) is 41.1. The lowest BCUT2D eigenvalue weighted by Crippen LogP contribution is -2.23. The predicted molar refractivity (Wildman–Crippen MR) is 513 cm³/mol. The van der Waals surface area contributed by atoms with Crippen LogP contribution in [-0.2, 0) is 64.6 Å². The van der Waals surface area contributed by atoms with E-state index in [0.717, 1.165) is 57.3 Å². The molecular weight excluding hydrogens is 1940 g/mol. The molecule has 7 aromatic heterocycles. The van der Waals surface area contributed by atoms with Crippen molar-refractivity contribution in [2.24, 2.45) is 52.6 Å². The van der Waals surface area contributed by atoms with Gasteiger partial charge in [-0.1, -0.05) is 83.1 Å². The summed E-state index contributed by atoms with van der Waals surface area (Å²) < 4.78 is 251. The number of phenols is 1. The highest BCUT2D eigenvalue weighted by Gasteiger charge is 2.31. The Bertz CT molecular complexity index is 7680. The monoisotopic (exact) mass is 2050 g/mol. The van der Waals surface area contributed by atoms with Gasteiger partial charge in [0.25, 0.3) is 0 Å². The van der Waals surface area contributed by atoms with Gasteiger partial charge in [-0.15, -0.1) is 20.4 Å². The number of nitrogens with zero attached hydrogens (tertiary/aromatic N) is 23. The summed E-state index contributed by atoms with van der Waals surface area (Å²) in [6, 6.07) is 35.4. The topological polar surface area (TPSA) is 650 Å². The average Bonchev–Trinajstić information content (AvgIpc) is 1.66. The van der Waals surface area contributed by atoms with Crippen LogP contribution < -0.4 is 61.7 Å². The van der Waals surface area contributed by atoms with Crippen LogP contribution in [0.25, 0.3) is 56.9 Å². The summed E-state index contributed by atoms with van der Waals surface area (Å²) in [5, 5.41) is 82.6. The van der Waals surface area contributed by atoms with Crippen molar-refractivity contribution in [2.45, 2.75) is 19.8 Å². The zero-order chi connectivity index (χ0) is 123. The Labute approximate surface area is 852 Å². The number of nitro groups is 1. The van der Waals surface area contributed by atoms with Crippen molar-refractivity contribution in [1.82, 2.24) is 99.2 Å². The van der Waals surface area contributed by atoms with Crippen LogP contribution in [0.5, 0.6) is 40.2 Å². The van der Waals surface area contributed by atoms with Crippen LogP contribution >= 0.6 is 58.0 Å². The van der Waals surface area contributed by atoms with Crippen molar-refractivity contribution in [3.8, 4) is 109 Å². The maximum absolute atomic E-state index is 12.3. The van der Waals surface area contributed by atoms with Crippen LogP contribution in [0.1, 0.15) is 84.8 Å². The third kappa shape index (κ3) is 34.6. The number of aromatic nitrogens is 19. The Balaban J connectivity index is 0.000000292. The number of aryl methyl sites for hydroxylation is 5. The number of carbonyl (C=O) groups excluding carboxylic acids is 4. The van der Waals surface area contributed by atoms with Crippen molar-refractivity contribution in [3.63, 3.8) is 0 Å². The van der Waals surface area contributed by atoms with Gasteiger partial charge in [0.2, 0.25) is 18.1 Å². The molecule has 7 heterocycles. The smallest absolute Gasteiger partial charge is 0.394 e. The fourth-order valence-electron chi connectivity index (χ4n) is 10.2. The molecule has 2 amide bonds. The first-order valence-electron chi connectivity index (χ1n) is 49.8. The first kappa shape index (κ1) is 79.1. The lowest BCUT2D eigenvalue weighted by atomic mass is 10.1. The standard InChI is InChI=1S/C20H21N7O4.C16H15ClN6O3.C10H9ClN4O3.C10H10ClN3O.C10H12N4O.C8H6ClNO.C7H4ClNO.C2H6N2O.C2H7N.H2O4S/c1-27-10-21-18(26-27)12-5-4-6-13(17(12)30-2)22-14-9-15(23-19(28)11-7-8-11)24-25-16(14)20(29)31-3;1-23-8-18-15(22-23)9-5-4-6-10(14(9)25-2)19-11-7-12(17)20-21-13(11)16(24)26-3;1-14-5-12-10(13-14)7-3-6(11)4-8(15(16)17)9(7)18-2;1-14-6-12-10(13-14)8-5-7(11)3-4-9(8)15-2;1-14-6-12-10(13-14)7-4-3-5-8(11)9(7)15-2;1-11-8-3-2-7(9)4-6(8)5-10;8-6-1-2-7(10)5(3-6)4-9;1-4(3)2-5;1-2-3;1-5(2,3)4/h4-6,9-11H,7-8H2,1-3H3,(H2,22,23,24,28);4-8H,1-3H3,(H,19,20);3-5H,1-2H3;3-6H,1-2H3;3-6H,11H2,1-2H3;2-4H,1H3;1-3,10H;2H,3H2,1H3;2-3H2,1H3;(H2,1,2,3,4)/i2*1D3,2D3;3*2D3;1D3;;;;. The summed E-state index contributed by atoms with van der Waals surface area (Å²) in [6.07, 6.45) is 8.41. The van der Waals surface area contributed by atoms with E-state index in [1.165, 1.54) is 137 Å². The van der Waals surface area contributed by atoms with E-state index in [4.69, 9.17) is 170 Å². The number of nitrogens with two attached hydrogens (primary N) is 3. The van der Waals surface area contributed by atoms with Crippen LogP contribution in [0.3, 0.4) is 0 Å². The fourth-order valence-corrected chi connectivity index (χ4v) is 11.1. The molecule has 1 aliphatic rings. The van der Waals surface area contributed by atoms with Crippen LogP contribution in [0, 0.1) is 38.7 Å². The molecule has 7 aromatic carbocycles. The predicted octanol–water partition coefficient (Wildman–Crippen LogP) is 12.3. The molecule has 0 saturated heterocycles. The zero-order valence-electron chi connectivity index (χ0n) is 96.6. The van der Waals surface area contributed by atoms with Gasteiger partial charge < -0.3 is 70.4 Å². The van der Waals surface area contributed by atoms with Gasteiger partial charge in [0, 0.05) is 94.6 Å². The molecule has 1 aliphatic carbocycles. The number of anilines is 6. The van der Waals surface area contributed by atoms with Crippen molar-refractivity contribution >= 4 is 133 Å². The van der Waals surface area contributed by atoms with Crippen molar-refractivity contribution < 1.29 is 118 Å². The maximum atomic E-state index is 12.3. The highest BCUT2D eigenvalue weighted by Crippen LogP contribution is 2.42. The molecular formula is C85H92Cl5N29O19S. The van der Waals surface area contributed by atoms with Crippen LogP contribution in [0.4, 0.5) is 39.9 Å². The number of aromatic hydroxyl groups is 1. The van der Waals surface area contributed by atoms with E-state index in [0.29, 0.717) is 53.6 Å². The first-order chi connectivity index (χ1) is 75.5. The summed E-state index contributed by atoms with van der Waals surface area (Å²) in [4.78, 5) is 76.1. The summed E-state index contributed by atoms with van der Waals surface area (Å²) in [5.41, 5.74) is 11.4. The molecule has 14 aromatic rings. The number of hydrogen-bond donors (Lipinski definition) is 9. The number of rotatable bonds is 21. The highest BCUT2D eigenvalue weighted by molar-refractivity contribution is 7.79. The fraction of sp³-hybridized carbons (Fsp3) is 0.224. The second-order valence-corrected chi connectivity index (χ2v) is 29.3. The largest absolute Gasteiger partial charge is 0.507 e. The lowest BCUT2D eigenvalue weighted by Gasteiger charge is -2.15. The Kier molecular flexibility index (Phi) is 31.3. The molecule has 15 rings (SSSR count). The number of methoxy groups -OCH3 is 8. The Morgan fingerprint density at radius 3 is 1.39 bits per heavy atom. The van der Waals surface area contributed by atoms with Gasteiger partial charge in [0.15, 0.2) is 68.7 Å². The van der Waals surface area contributed by atoms with Gasteiger partial charge in [-0.3, -0.25) is 57.2 Å². The highest BCUT2D eigenvalue weighted by atomic mass is 35.5. The summed E-state index contributed by atoms with van der Waals surface area (Å²) in [6.45, 7) is -2.54. The van der Waals surface area contributed by atoms with E-state index in [1.54, 1.807) is 63.6 Å².